The normalized spacial score (nSPS) is 10.9. The number of alkyl halides is 2. The molecule has 1 aromatic rings. The van der Waals surface area contributed by atoms with Crippen LogP contribution < -0.4 is 5.73 Å². The first-order chi connectivity index (χ1) is 6.65. The predicted octanol–water partition coefficient (Wildman–Crippen LogP) is 3.28. The second-order valence-electron chi connectivity index (χ2n) is 3.05. The van der Waals surface area contributed by atoms with E-state index in [4.69, 9.17) is 5.73 Å². The molecule has 0 unspecified atom stereocenters. The maximum Gasteiger partial charge on any atom is 0.264 e. The molecule has 1 rings (SSSR count). The van der Waals surface area contributed by atoms with Gasteiger partial charge in [0.1, 0.15) is 0 Å². The molecule has 0 fully saturated rings. The molecular weight excluding hydrogens is 252 g/mol. The first-order valence-corrected chi connectivity index (χ1v) is 5.21. The fourth-order valence-corrected chi connectivity index (χ4v) is 1.81. The second kappa shape index (κ2) is 5.41. The second-order valence-corrected chi connectivity index (χ2v) is 3.90. The van der Waals surface area contributed by atoms with Crippen molar-refractivity contribution in [1.82, 2.24) is 0 Å². The summed E-state index contributed by atoms with van der Waals surface area (Å²) in [6.07, 6.45) is -0.716. The lowest BCUT2D eigenvalue weighted by Crippen LogP contribution is -2.00. The average Bonchev–Trinajstić information content (AvgIpc) is 2.14. The van der Waals surface area contributed by atoms with E-state index in [9.17, 15) is 8.78 Å². The Kier molecular flexibility index (Phi) is 4.48. The highest BCUT2D eigenvalue weighted by Gasteiger charge is 2.11. The van der Waals surface area contributed by atoms with E-state index < -0.39 is 6.43 Å². The summed E-state index contributed by atoms with van der Waals surface area (Å²) in [7, 11) is 0. The van der Waals surface area contributed by atoms with Crippen molar-refractivity contribution in [2.24, 2.45) is 5.73 Å². The predicted molar refractivity (Wildman–Crippen MR) is 56.5 cm³/mol. The lowest BCUT2D eigenvalue weighted by atomic mass is 10.1. The molecule has 0 aromatic heterocycles. The molecule has 4 heteroatoms. The third-order valence-corrected chi connectivity index (χ3v) is 2.66. The molecule has 14 heavy (non-hydrogen) atoms. The van der Waals surface area contributed by atoms with Gasteiger partial charge in [-0.05, 0) is 31.0 Å². The van der Waals surface area contributed by atoms with E-state index >= 15 is 0 Å². The zero-order valence-electron chi connectivity index (χ0n) is 7.64. The van der Waals surface area contributed by atoms with E-state index in [1.165, 1.54) is 6.07 Å². The zero-order valence-corrected chi connectivity index (χ0v) is 9.23. The molecule has 0 radical (unpaired) electrons. The Bertz CT molecular complexity index is 302. The van der Waals surface area contributed by atoms with Crippen LogP contribution in [0.25, 0.3) is 0 Å². The smallest absolute Gasteiger partial charge is 0.264 e. The number of nitrogens with two attached hydrogens (primary N) is 1. The molecule has 0 aliphatic rings. The van der Waals surface area contributed by atoms with E-state index in [2.05, 4.69) is 15.9 Å². The molecule has 1 nitrogen and oxygen atoms in total. The largest absolute Gasteiger partial charge is 0.330 e. The van der Waals surface area contributed by atoms with Gasteiger partial charge in [0.15, 0.2) is 0 Å². The number of hydrogen-bond donors (Lipinski definition) is 1. The SMILES string of the molecule is NCCCc1ccc(C(F)F)c(Br)c1. The number of benzene rings is 1. The van der Waals surface area contributed by atoms with Gasteiger partial charge >= 0.3 is 0 Å². The van der Waals surface area contributed by atoms with E-state index in [1.54, 1.807) is 12.1 Å². The highest BCUT2D eigenvalue weighted by atomic mass is 79.9. The zero-order chi connectivity index (χ0) is 10.6. The van der Waals surface area contributed by atoms with Crippen molar-refractivity contribution < 1.29 is 8.78 Å². The van der Waals surface area contributed by atoms with E-state index in [0.29, 0.717) is 11.0 Å². The van der Waals surface area contributed by atoms with Crippen LogP contribution in [0.4, 0.5) is 8.78 Å². The van der Waals surface area contributed by atoms with Crippen LogP contribution in [0.3, 0.4) is 0 Å². The summed E-state index contributed by atoms with van der Waals surface area (Å²) in [5.74, 6) is 0. The van der Waals surface area contributed by atoms with Crippen molar-refractivity contribution in [1.29, 1.82) is 0 Å². The standard InChI is InChI=1S/C10H12BrF2N/c11-9-6-7(2-1-5-14)3-4-8(9)10(12)13/h3-4,6,10H,1-2,5,14H2. The topological polar surface area (TPSA) is 26.0 Å². The molecule has 78 valence electrons. The van der Waals surface area contributed by atoms with Gasteiger partial charge in [-0.2, -0.15) is 0 Å². The molecule has 0 heterocycles. The number of aryl methyl sites for hydroxylation is 1. The van der Waals surface area contributed by atoms with Crippen molar-refractivity contribution in [2.75, 3.05) is 6.54 Å². The Morgan fingerprint density at radius 1 is 1.36 bits per heavy atom. The van der Waals surface area contributed by atoms with Gasteiger partial charge in [-0.25, -0.2) is 8.78 Å². The summed E-state index contributed by atoms with van der Waals surface area (Å²) in [5.41, 5.74) is 6.44. The third-order valence-electron chi connectivity index (χ3n) is 1.97. The molecule has 0 spiro atoms. The number of halogens is 3. The lowest BCUT2D eigenvalue weighted by molar-refractivity contribution is 0.150. The first-order valence-electron chi connectivity index (χ1n) is 4.41. The van der Waals surface area contributed by atoms with Crippen LogP contribution >= 0.6 is 15.9 Å². The van der Waals surface area contributed by atoms with Gasteiger partial charge < -0.3 is 5.73 Å². The lowest BCUT2D eigenvalue weighted by Gasteiger charge is -2.05. The van der Waals surface area contributed by atoms with E-state index in [-0.39, 0.29) is 5.56 Å². The molecule has 0 atom stereocenters. The van der Waals surface area contributed by atoms with Gasteiger partial charge in [-0.1, -0.05) is 28.1 Å². The molecule has 0 amide bonds. The van der Waals surface area contributed by atoms with Gasteiger partial charge in [0.2, 0.25) is 0 Å². The minimum Gasteiger partial charge on any atom is -0.330 e. The average molecular weight is 264 g/mol. The van der Waals surface area contributed by atoms with Crippen molar-refractivity contribution >= 4 is 15.9 Å². The monoisotopic (exact) mass is 263 g/mol. The first kappa shape index (κ1) is 11.6. The van der Waals surface area contributed by atoms with Crippen molar-refractivity contribution in [3.05, 3.63) is 33.8 Å². The Hall–Kier alpha value is -0.480. The fraction of sp³-hybridized carbons (Fsp3) is 0.400. The maximum absolute atomic E-state index is 12.4. The Morgan fingerprint density at radius 2 is 2.07 bits per heavy atom. The Morgan fingerprint density at radius 3 is 2.57 bits per heavy atom. The summed E-state index contributed by atoms with van der Waals surface area (Å²) in [5, 5.41) is 0. The van der Waals surface area contributed by atoms with Crippen LogP contribution in [0.15, 0.2) is 22.7 Å². The summed E-state index contributed by atoms with van der Waals surface area (Å²) in [6, 6.07) is 4.92. The summed E-state index contributed by atoms with van der Waals surface area (Å²) < 4.78 is 25.2. The van der Waals surface area contributed by atoms with Gasteiger partial charge in [-0.3, -0.25) is 0 Å². The van der Waals surface area contributed by atoms with Crippen molar-refractivity contribution in [2.45, 2.75) is 19.3 Å². The Balaban J connectivity index is 2.78. The number of rotatable bonds is 4. The molecule has 0 aliphatic heterocycles. The molecule has 0 bridgehead atoms. The van der Waals surface area contributed by atoms with Crippen LogP contribution in [-0.4, -0.2) is 6.54 Å². The highest BCUT2D eigenvalue weighted by Crippen LogP contribution is 2.28. The van der Waals surface area contributed by atoms with Gasteiger partial charge in [-0.15, -0.1) is 0 Å². The minimum atomic E-state index is -2.42. The van der Waals surface area contributed by atoms with Crippen LogP contribution in [0.2, 0.25) is 0 Å². The van der Waals surface area contributed by atoms with Crippen molar-refractivity contribution in [3.63, 3.8) is 0 Å². The van der Waals surface area contributed by atoms with E-state index in [0.717, 1.165) is 18.4 Å². The van der Waals surface area contributed by atoms with E-state index in [1.807, 2.05) is 0 Å². The Labute approximate surface area is 90.4 Å². The summed E-state index contributed by atoms with van der Waals surface area (Å²) in [6.45, 7) is 0.619. The van der Waals surface area contributed by atoms with Gasteiger partial charge in [0.05, 0.1) is 0 Å². The summed E-state index contributed by atoms with van der Waals surface area (Å²) in [4.78, 5) is 0. The van der Waals surface area contributed by atoms with Crippen LogP contribution in [0, 0.1) is 0 Å². The third kappa shape index (κ3) is 3.03. The van der Waals surface area contributed by atoms with Crippen molar-refractivity contribution in [3.8, 4) is 0 Å². The van der Waals surface area contributed by atoms with Gasteiger partial charge in [0, 0.05) is 10.0 Å². The quantitative estimate of drug-likeness (QED) is 0.887. The molecule has 0 saturated heterocycles. The summed E-state index contributed by atoms with van der Waals surface area (Å²) >= 11 is 3.13. The fourth-order valence-electron chi connectivity index (χ4n) is 1.21. The maximum atomic E-state index is 12.4. The van der Waals surface area contributed by atoms with Crippen LogP contribution in [0.5, 0.6) is 0 Å². The number of hydrogen-bond acceptors (Lipinski definition) is 1. The molecule has 0 saturated carbocycles. The minimum absolute atomic E-state index is 0.0431. The van der Waals surface area contributed by atoms with Gasteiger partial charge in [0.25, 0.3) is 6.43 Å². The van der Waals surface area contributed by atoms with Crippen LogP contribution in [-0.2, 0) is 6.42 Å². The molecule has 1 aromatic carbocycles. The molecule has 0 aliphatic carbocycles. The molecular formula is C10H12BrF2N. The van der Waals surface area contributed by atoms with Crippen LogP contribution in [0.1, 0.15) is 24.0 Å². The molecule has 2 N–H and O–H groups in total. The highest BCUT2D eigenvalue weighted by molar-refractivity contribution is 9.10.